The summed E-state index contributed by atoms with van der Waals surface area (Å²) in [6.07, 6.45) is -0.0195. The summed E-state index contributed by atoms with van der Waals surface area (Å²) in [4.78, 5) is 0. The highest BCUT2D eigenvalue weighted by Gasteiger charge is 2.12. The van der Waals surface area contributed by atoms with Crippen molar-refractivity contribution in [3.63, 3.8) is 0 Å². The van der Waals surface area contributed by atoms with Crippen LogP contribution in [-0.4, -0.2) is 31.6 Å². The molecule has 0 aromatic heterocycles. The predicted octanol–water partition coefficient (Wildman–Crippen LogP) is 2.25. The molecule has 4 nitrogen and oxygen atoms in total. The number of hydrogen-bond donors (Lipinski definition) is 1. The Balaban J connectivity index is 2.70. The molecule has 0 amide bonds. The van der Waals surface area contributed by atoms with Gasteiger partial charge in [0.25, 0.3) is 0 Å². The van der Waals surface area contributed by atoms with Crippen molar-refractivity contribution in [2.24, 2.45) is 0 Å². The molecule has 0 fully saturated rings. The largest absolute Gasteiger partial charge is 0.492 e. The SMILES string of the molecule is CCCS(=O)(=O)CCOc1cc(C)ccc1[C@H](C)O. The number of ether oxygens (including phenoxy) is 1. The van der Waals surface area contributed by atoms with Gasteiger partial charge in [0.2, 0.25) is 0 Å². The van der Waals surface area contributed by atoms with Crippen LogP contribution in [0.4, 0.5) is 0 Å². The highest BCUT2D eigenvalue weighted by molar-refractivity contribution is 7.91. The molecule has 0 aliphatic heterocycles. The van der Waals surface area contributed by atoms with Crippen LogP contribution in [0.15, 0.2) is 18.2 Å². The fourth-order valence-electron chi connectivity index (χ4n) is 1.80. The minimum absolute atomic E-state index is 0.00797. The van der Waals surface area contributed by atoms with Gasteiger partial charge in [-0.2, -0.15) is 0 Å². The first kappa shape index (κ1) is 16.0. The van der Waals surface area contributed by atoms with E-state index in [1.54, 1.807) is 13.0 Å². The van der Waals surface area contributed by atoms with E-state index in [9.17, 15) is 13.5 Å². The number of aliphatic hydroxyl groups excluding tert-OH is 1. The molecule has 0 aliphatic rings. The maximum absolute atomic E-state index is 11.6. The maximum atomic E-state index is 11.6. The third kappa shape index (κ3) is 5.20. The van der Waals surface area contributed by atoms with Crippen molar-refractivity contribution >= 4 is 9.84 Å². The van der Waals surface area contributed by atoms with E-state index in [-0.39, 0.29) is 18.1 Å². The molecule has 1 aromatic carbocycles. The van der Waals surface area contributed by atoms with E-state index in [0.717, 1.165) is 5.56 Å². The molecule has 0 aliphatic carbocycles. The number of hydrogen-bond acceptors (Lipinski definition) is 4. The Hall–Kier alpha value is -1.07. The van der Waals surface area contributed by atoms with Crippen LogP contribution in [0.2, 0.25) is 0 Å². The van der Waals surface area contributed by atoms with Crippen molar-refractivity contribution in [2.75, 3.05) is 18.1 Å². The zero-order valence-corrected chi connectivity index (χ0v) is 12.5. The molecule has 0 saturated carbocycles. The van der Waals surface area contributed by atoms with E-state index in [2.05, 4.69) is 0 Å². The molecule has 0 saturated heterocycles. The summed E-state index contributed by atoms with van der Waals surface area (Å²) in [6, 6.07) is 5.51. The van der Waals surface area contributed by atoms with Gasteiger partial charge in [-0.05, 0) is 31.9 Å². The topological polar surface area (TPSA) is 63.6 Å². The molecule has 1 aromatic rings. The Kier molecular flexibility index (Phi) is 5.82. The van der Waals surface area contributed by atoms with Crippen molar-refractivity contribution < 1.29 is 18.3 Å². The molecule has 0 radical (unpaired) electrons. The molecule has 0 bridgehead atoms. The molecular formula is C14H22O4S. The molecule has 0 spiro atoms. The van der Waals surface area contributed by atoms with Gasteiger partial charge in [-0.25, -0.2) is 8.42 Å². The first-order chi connectivity index (χ1) is 8.85. The molecule has 0 unspecified atom stereocenters. The van der Waals surface area contributed by atoms with Gasteiger partial charge in [0, 0.05) is 5.56 Å². The number of rotatable bonds is 7. The molecule has 19 heavy (non-hydrogen) atoms. The highest BCUT2D eigenvalue weighted by atomic mass is 32.2. The second-order valence-corrected chi connectivity index (χ2v) is 7.02. The minimum atomic E-state index is -3.03. The lowest BCUT2D eigenvalue weighted by molar-refractivity contribution is 0.192. The lowest BCUT2D eigenvalue weighted by Gasteiger charge is -2.14. The van der Waals surface area contributed by atoms with Crippen molar-refractivity contribution in [3.8, 4) is 5.75 Å². The molecule has 1 N–H and O–H groups in total. The predicted molar refractivity (Wildman–Crippen MR) is 76.3 cm³/mol. The summed E-state index contributed by atoms with van der Waals surface area (Å²) in [5.74, 6) is 0.753. The first-order valence-electron chi connectivity index (χ1n) is 6.47. The van der Waals surface area contributed by atoms with Crippen LogP contribution in [0.1, 0.15) is 37.5 Å². The highest BCUT2D eigenvalue weighted by Crippen LogP contribution is 2.26. The standard InChI is InChI=1S/C14H22O4S/c1-4-8-19(16,17)9-7-18-14-10-11(2)5-6-13(14)12(3)15/h5-6,10,12,15H,4,7-9H2,1-3H3/t12-/m0/s1. The summed E-state index contributed by atoms with van der Waals surface area (Å²) < 4.78 is 28.7. The Bertz CT molecular complexity index is 506. The third-order valence-corrected chi connectivity index (χ3v) is 4.61. The molecule has 5 heteroatoms. The smallest absolute Gasteiger partial charge is 0.153 e. The van der Waals surface area contributed by atoms with Gasteiger partial charge >= 0.3 is 0 Å². The summed E-state index contributed by atoms with van der Waals surface area (Å²) >= 11 is 0. The molecule has 0 heterocycles. The second kappa shape index (κ2) is 6.91. The van der Waals surface area contributed by atoms with E-state index >= 15 is 0 Å². The monoisotopic (exact) mass is 286 g/mol. The molecule has 1 atom stereocenters. The van der Waals surface area contributed by atoms with Crippen LogP contribution in [-0.2, 0) is 9.84 Å². The summed E-state index contributed by atoms with van der Waals surface area (Å²) in [5, 5.41) is 9.64. The molecular weight excluding hydrogens is 264 g/mol. The fourth-order valence-corrected chi connectivity index (χ4v) is 2.97. The maximum Gasteiger partial charge on any atom is 0.153 e. The Morgan fingerprint density at radius 3 is 2.58 bits per heavy atom. The van der Waals surface area contributed by atoms with Gasteiger partial charge in [-0.1, -0.05) is 19.1 Å². The van der Waals surface area contributed by atoms with Crippen LogP contribution in [0.25, 0.3) is 0 Å². The zero-order chi connectivity index (χ0) is 14.5. The van der Waals surface area contributed by atoms with Crippen molar-refractivity contribution in [3.05, 3.63) is 29.3 Å². The van der Waals surface area contributed by atoms with E-state index in [1.807, 2.05) is 26.0 Å². The van der Waals surface area contributed by atoms with Crippen LogP contribution in [0.5, 0.6) is 5.75 Å². The third-order valence-electron chi connectivity index (χ3n) is 2.79. The Morgan fingerprint density at radius 1 is 1.32 bits per heavy atom. The van der Waals surface area contributed by atoms with E-state index in [1.165, 1.54) is 0 Å². The van der Waals surface area contributed by atoms with Crippen LogP contribution in [0, 0.1) is 6.92 Å². The van der Waals surface area contributed by atoms with Crippen LogP contribution < -0.4 is 4.74 Å². The number of aryl methyl sites for hydroxylation is 1. The first-order valence-corrected chi connectivity index (χ1v) is 8.29. The summed E-state index contributed by atoms with van der Waals surface area (Å²) in [7, 11) is -3.03. The molecule has 1 rings (SSSR count). The minimum Gasteiger partial charge on any atom is -0.492 e. The van der Waals surface area contributed by atoms with Crippen molar-refractivity contribution in [1.29, 1.82) is 0 Å². The Morgan fingerprint density at radius 2 is 2.00 bits per heavy atom. The van der Waals surface area contributed by atoms with Crippen molar-refractivity contribution in [2.45, 2.75) is 33.3 Å². The number of aliphatic hydroxyl groups is 1. The van der Waals surface area contributed by atoms with Crippen molar-refractivity contribution in [1.82, 2.24) is 0 Å². The van der Waals surface area contributed by atoms with Gasteiger partial charge in [0.1, 0.15) is 12.4 Å². The van der Waals surface area contributed by atoms with Crippen LogP contribution in [0.3, 0.4) is 0 Å². The number of benzene rings is 1. The van der Waals surface area contributed by atoms with Gasteiger partial charge in [0.15, 0.2) is 9.84 Å². The lowest BCUT2D eigenvalue weighted by atomic mass is 10.1. The zero-order valence-electron chi connectivity index (χ0n) is 11.7. The van der Waals surface area contributed by atoms with Crippen LogP contribution >= 0.6 is 0 Å². The van der Waals surface area contributed by atoms with Gasteiger partial charge < -0.3 is 9.84 Å². The molecule has 108 valence electrons. The Labute approximate surface area is 115 Å². The van der Waals surface area contributed by atoms with Gasteiger partial charge in [-0.15, -0.1) is 0 Å². The summed E-state index contributed by atoms with van der Waals surface area (Å²) in [6.45, 7) is 5.54. The average molecular weight is 286 g/mol. The second-order valence-electron chi connectivity index (χ2n) is 4.72. The fraction of sp³-hybridized carbons (Fsp3) is 0.571. The quantitative estimate of drug-likeness (QED) is 0.835. The lowest BCUT2D eigenvalue weighted by Crippen LogP contribution is -2.17. The van der Waals surface area contributed by atoms with E-state index in [4.69, 9.17) is 4.74 Å². The summed E-state index contributed by atoms with van der Waals surface area (Å²) in [5.41, 5.74) is 1.69. The average Bonchev–Trinajstić information content (AvgIpc) is 2.28. The van der Waals surface area contributed by atoms with Gasteiger partial charge in [0.05, 0.1) is 17.6 Å². The van der Waals surface area contributed by atoms with Gasteiger partial charge in [-0.3, -0.25) is 0 Å². The van der Waals surface area contributed by atoms with E-state index < -0.39 is 15.9 Å². The van der Waals surface area contributed by atoms with E-state index in [0.29, 0.717) is 17.7 Å². The number of sulfone groups is 1. The normalized spacial score (nSPS) is 13.3.